The Morgan fingerprint density at radius 1 is 1.62 bits per heavy atom. The maximum atomic E-state index is 11.1. The third-order valence-corrected chi connectivity index (χ3v) is 2.38. The fourth-order valence-corrected chi connectivity index (χ4v) is 1.40. The summed E-state index contributed by atoms with van der Waals surface area (Å²) in [5, 5.41) is 13.1. The van der Waals surface area contributed by atoms with Crippen molar-refractivity contribution in [2.45, 2.75) is 5.16 Å². The van der Waals surface area contributed by atoms with E-state index in [0.29, 0.717) is 11.4 Å². The van der Waals surface area contributed by atoms with Gasteiger partial charge in [-0.1, -0.05) is 0 Å². The van der Waals surface area contributed by atoms with E-state index in [1.165, 1.54) is 18.5 Å². The van der Waals surface area contributed by atoms with E-state index in [2.05, 4.69) is 15.3 Å². The van der Waals surface area contributed by atoms with Crippen molar-refractivity contribution in [2.75, 3.05) is 18.6 Å². The van der Waals surface area contributed by atoms with Gasteiger partial charge >= 0.3 is 5.16 Å². The van der Waals surface area contributed by atoms with E-state index in [1.807, 2.05) is 0 Å². The van der Waals surface area contributed by atoms with Gasteiger partial charge in [-0.05, 0) is 0 Å². The summed E-state index contributed by atoms with van der Waals surface area (Å²) >= 11 is -1.28. The number of rotatable bonds is 4. The Labute approximate surface area is 94.9 Å². The summed E-state index contributed by atoms with van der Waals surface area (Å²) < 4.78 is 11.1. The summed E-state index contributed by atoms with van der Waals surface area (Å²) in [6.45, 7) is 0. The van der Waals surface area contributed by atoms with Crippen LogP contribution in [0.15, 0.2) is 17.6 Å². The maximum Gasteiger partial charge on any atom is 0.344 e. The minimum Gasteiger partial charge on any atom is -0.609 e. The van der Waals surface area contributed by atoms with E-state index >= 15 is 0 Å². The van der Waals surface area contributed by atoms with Crippen molar-refractivity contribution in [1.82, 2.24) is 9.97 Å². The maximum absolute atomic E-state index is 11.1. The Kier molecular flexibility index (Phi) is 4.20. The standard InChI is InChI=1S/C8H10N4O3S/c1-9-7-6(3-4-12(13)14)5-10-8(11-7)16(2)15/h3-5H,1-2H3,(H,9,10,11). The van der Waals surface area contributed by atoms with Crippen LogP contribution in [0.3, 0.4) is 0 Å². The molecule has 8 heteroatoms. The molecule has 0 radical (unpaired) electrons. The van der Waals surface area contributed by atoms with Crippen LogP contribution < -0.4 is 5.32 Å². The van der Waals surface area contributed by atoms with Crippen molar-refractivity contribution in [1.29, 1.82) is 0 Å². The molecule has 0 saturated heterocycles. The van der Waals surface area contributed by atoms with Crippen LogP contribution in [0.1, 0.15) is 5.56 Å². The molecule has 16 heavy (non-hydrogen) atoms. The van der Waals surface area contributed by atoms with Crippen LogP contribution in [0, 0.1) is 10.1 Å². The summed E-state index contributed by atoms with van der Waals surface area (Å²) in [6.07, 6.45) is 4.91. The fraction of sp³-hybridized carbons (Fsp3) is 0.250. The number of hydrogen-bond donors (Lipinski definition) is 1. The Hall–Kier alpha value is -1.67. The molecule has 0 bridgehead atoms. The zero-order valence-corrected chi connectivity index (χ0v) is 9.52. The van der Waals surface area contributed by atoms with Gasteiger partial charge in [-0.2, -0.15) is 9.97 Å². The lowest BCUT2D eigenvalue weighted by Crippen LogP contribution is -2.07. The molecule has 1 rings (SSSR count). The summed E-state index contributed by atoms with van der Waals surface area (Å²) in [5.74, 6) is 0.401. The quantitative estimate of drug-likeness (QED) is 0.357. The van der Waals surface area contributed by atoms with Gasteiger partial charge < -0.3 is 9.87 Å². The van der Waals surface area contributed by atoms with Crippen molar-refractivity contribution in [3.63, 3.8) is 0 Å². The number of anilines is 1. The third kappa shape index (κ3) is 3.17. The zero-order valence-electron chi connectivity index (χ0n) is 8.71. The van der Waals surface area contributed by atoms with Gasteiger partial charge in [0.05, 0.1) is 4.92 Å². The molecule has 0 aliphatic heterocycles. The molecule has 0 aliphatic rings. The van der Waals surface area contributed by atoms with Crippen LogP contribution in [0.2, 0.25) is 0 Å². The first-order valence-electron chi connectivity index (χ1n) is 4.24. The lowest BCUT2D eigenvalue weighted by Gasteiger charge is -2.06. The van der Waals surface area contributed by atoms with Crippen LogP contribution in [0.4, 0.5) is 5.82 Å². The first kappa shape index (κ1) is 12.4. The Balaban J connectivity index is 3.07. The minimum atomic E-state index is -1.28. The highest BCUT2D eigenvalue weighted by molar-refractivity contribution is 7.90. The minimum absolute atomic E-state index is 0.183. The second-order valence-corrected chi connectivity index (χ2v) is 4.04. The monoisotopic (exact) mass is 242 g/mol. The number of nitro groups is 1. The van der Waals surface area contributed by atoms with Crippen molar-refractivity contribution < 1.29 is 9.48 Å². The fourth-order valence-electron chi connectivity index (χ4n) is 0.977. The Morgan fingerprint density at radius 2 is 2.31 bits per heavy atom. The number of nitrogens with one attached hydrogen (secondary N) is 1. The van der Waals surface area contributed by atoms with E-state index in [0.717, 1.165) is 6.20 Å². The molecule has 1 aromatic rings. The molecule has 0 aliphatic carbocycles. The highest BCUT2D eigenvalue weighted by Crippen LogP contribution is 2.14. The third-order valence-electron chi connectivity index (χ3n) is 1.66. The molecule has 1 heterocycles. The molecule has 1 N–H and O–H groups in total. The predicted molar refractivity (Wildman–Crippen MR) is 59.9 cm³/mol. The van der Waals surface area contributed by atoms with Gasteiger partial charge in [0, 0.05) is 36.1 Å². The molecule has 0 amide bonds. The van der Waals surface area contributed by atoms with Crippen molar-refractivity contribution in [3.8, 4) is 0 Å². The number of hydrogen-bond acceptors (Lipinski definition) is 6. The molecule has 86 valence electrons. The van der Waals surface area contributed by atoms with Crippen LogP contribution in [0.25, 0.3) is 6.08 Å². The average Bonchev–Trinajstić information content (AvgIpc) is 2.25. The summed E-state index contributed by atoms with van der Waals surface area (Å²) in [7, 11) is 1.62. The highest BCUT2D eigenvalue weighted by Gasteiger charge is 2.11. The molecule has 0 spiro atoms. The van der Waals surface area contributed by atoms with Gasteiger partial charge in [-0.15, -0.1) is 0 Å². The smallest absolute Gasteiger partial charge is 0.344 e. The number of nitrogens with zero attached hydrogens (tertiary/aromatic N) is 3. The molecule has 1 atom stereocenters. The van der Waals surface area contributed by atoms with Gasteiger partial charge in [0.25, 0.3) is 0 Å². The lowest BCUT2D eigenvalue weighted by molar-refractivity contribution is -0.400. The van der Waals surface area contributed by atoms with Crippen LogP contribution in [0.5, 0.6) is 0 Å². The SMILES string of the molecule is CNc1nc([S+](C)[O-])ncc1C=C[N+](=O)[O-]. The summed E-state index contributed by atoms with van der Waals surface area (Å²) in [5.41, 5.74) is 0.466. The first-order chi connectivity index (χ1) is 7.54. The topological polar surface area (TPSA) is 104 Å². The van der Waals surface area contributed by atoms with Gasteiger partial charge in [-0.3, -0.25) is 10.1 Å². The molecule has 0 saturated carbocycles. The molecular formula is C8H10N4O3S. The zero-order chi connectivity index (χ0) is 12.1. The Morgan fingerprint density at radius 3 is 2.81 bits per heavy atom. The second-order valence-electron chi connectivity index (χ2n) is 2.76. The van der Waals surface area contributed by atoms with E-state index < -0.39 is 16.1 Å². The van der Waals surface area contributed by atoms with Gasteiger partial charge in [-0.25, -0.2) is 0 Å². The molecule has 0 aromatic carbocycles. The average molecular weight is 242 g/mol. The van der Waals surface area contributed by atoms with E-state index in [9.17, 15) is 14.7 Å². The first-order valence-corrected chi connectivity index (χ1v) is 5.80. The summed E-state index contributed by atoms with van der Waals surface area (Å²) in [4.78, 5) is 17.4. The van der Waals surface area contributed by atoms with Gasteiger partial charge in [0.1, 0.15) is 12.1 Å². The summed E-state index contributed by atoms with van der Waals surface area (Å²) in [6, 6.07) is 0. The van der Waals surface area contributed by atoms with Crippen molar-refractivity contribution >= 4 is 23.1 Å². The molecule has 7 nitrogen and oxygen atoms in total. The predicted octanol–water partition coefficient (Wildman–Crippen LogP) is 0.503. The second kappa shape index (κ2) is 5.42. The van der Waals surface area contributed by atoms with Crippen LogP contribution in [-0.4, -0.2) is 32.7 Å². The molecular weight excluding hydrogens is 232 g/mol. The highest BCUT2D eigenvalue weighted by atomic mass is 32.2. The lowest BCUT2D eigenvalue weighted by atomic mass is 10.3. The Bertz CT molecular complexity index is 422. The largest absolute Gasteiger partial charge is 0.609 e. The van der Waals surface area contributed by atoms with Crippen LogP contribution in [-0.2, 0) is 11.2 Å². The van der Waals surface area contributed by atoms with Gasteiger partial charge in [0.2, 0.25) is 6.20 Å². The molecule has 0 fully saturated rings. The van der Waals surface area contributed by atoms with Gasteiger partial charge in [0.15, 0.2) is 0 Å². The van der Waals surface area contributed by atoms with Crippen molar-refractivity contribution in [3.05, 3.63) is 28.1 Å². The number of aromatic nitrogens is 2. The normalized spacial score (nSPS) is 12.7. The van der Waals surface area contributed by atoms with Crippen molar-refractivity contribution in [2.24, 2.45) is 0 Å². The molecule has 1 aromatic heterocycles. The molecule has 1 unspecified atom stereocenters. The van der Waals surface area contributed by atoms with E-state index in [4.69, 9.17) is 0 Å². The van der Waals surface area contributed by atoms with E-state index in [-0.39, 0.29) is 5.16 Å². The van der Waals surface area contributed by atoms with Crippen LogP contribution >= 0.6 is 0 Å². The van der Waals surface area contributed by atoms with E-state index in [1.54, 1.807) is 7.05 Å².